The Balaban J connectivity index is 2.14. The third kappa shape index (κ3) is 3.80. The number of halogens is 1. The Hall–Kier alpha value is -1.71. The molecule has 124 valence electrons. The molecule has 0 spiro atoms. The standard InChI is InChI=1S/C14H17BrN4O3S/c1-18(2)23(21,22)11-6-4-10(5-7-11)8-16-12-9-17-19(3)14(20)13(12)15/h4-7,9,16H,8H2,1-3H3. The summed E-state index contributed by atoms with van der Waals surface area (Å²) < 4.78 is 26.8. The average molecular weight is 401 g/mol. The maximum atomic E-state index is 12.0. The van der Waals surface area contributed by atoms with E-state index in [9.17, 15) is 13.2 Å². The molecule has 0 aliphatic rings. The van der Waals surface area contributed by atoms with Gasteiger partial charge in [-0.2, -0.15) is 5.10 Å². The van der Waals surface area contributed by atoms with Gasteiger partial charge in [-0.05, 0) is 33.6 Å². The Kier molecular flexibility index (Phi) is 5.23. The predicted octanol–water partition coefficient (Wildman–Crippen LogP) is 1.41. The summed E-state index contributed by atoms with van der Waals surface area (Å²) in [5.41, 5.74) is 1.23. The van der Waals surface area contributed by atoms with Gasteiger partial charge in [0, 0.05) is 27.7 Å². The van der Waals surface area contributed by atoms with Gasteiger partial charge in [0.2, 0.25) is 10.0 Å². The monoisotopic (exact) mass is 400 g/mol. The van der Waals surface area contributed by atoms with Crippen LogP contribution in [0.1, 0.15) is 5.56 Å². The van der Waals surface area contributed by atoms with Crippen LogP contribution in [0.5, 0.6) is 0 Å². The number of aryl methyl sites for hydroxylation is 1. The third-order valence-electron chi connectivity index (χ3n) is 3.26. The van der Waals surface area contributed by atoms with Crippen molar-refractivity contribution in [3.05, 3.63) is 50.9 Å². The van der Waals surface area contributed by atoms with E-state index in [0.717, 1.165) is 5.56 Å². The maximum absolute atomic E-state index is 12.0. The van der Waals surface area contributed by atoms with Crippen LogP contribution in [0.15, 0.2) is 44.6 Å². The highest BCUT2D eigenvalue weighted by molar-refractivity contribution is 9.10. The predicted molar refractivity (Wildman–Crippen MR) is 91.8 cm³/mol. The molecule has 1 aromatic carbocycles. The molecule has 0 radical (unpaired) electrons. The molecular weight excluding hydrogens is 384 g/mol. The first-order valence-electron chi connectivity index (χ1n) is 6.70. The molecule has 23 heavy (non-hydrogen) atoms. The summed E-state index contributed by atoms with van der Waals surface area (Å²) in [4.78, 5) is 12.0. The largest absolute Gasteiger partial charge is 0.379 e. The number of hydrogen-bond donors (Lipinski definition) is 1. The average Bonchev–Trinajstić information content (AvgIpc) is 2.52. The number of aromatic nitrogens is 2. The van der Waals surface area contributed by atoms with Crippen LogP contribution in [0.25, 0.3) is 0 Å². The van der Waals surface area contributed by atoms with E-state index in [2.05, 4.69) is 26.3 Å². The normalized spacial score (nSPS) is 11.7. The molecule has 0 saturated carbocycles. The van der Waals surface area contributed by atoms with Crippen molar-refractivity contribution < 1.29 is 8.42 Å². The Morgan fingerprint density at radius 2 is 1.87 bits per heavy atom. The van der Waals surface area contributed by atoms with Crippen molar-refractivity contribution in [3.8, 4) is 0 Å². The third-order valence-corrected chi connectivity index (χ3v) is 5.86. The summed E-state index contributed by atoms with van der Waals surface area (Å²) in [5.74, 6) is 0. The molecule has 0 atom stereocenters. The van der Waals surface area contributed by atoms with Gasteiger partial charge in [0.25, 0.3) is 5.56 Å². The number of sulfonamides is 1. The van der Waals surface area contributed by atoms with E-state index in [-0.39, 0.29) is 10.5 Å². The van der Waals surface area contributed by atoms with Gasteiger partial charge < -0.3 is 5.32 Å². The van der Waals surface area contributed by atoms with E-state index in [0.29, 0.717) is 16.7 Å². The lowest BCUT2D eigenvalue weighted by atomic mass is 10.2. The molecule has 9 heteroatoms. The topological polar surface area (TPSA) is 84.3 Å². The molecule has 0 bridgehead atoms. The highest BCUT2D eigenvalue weighted by Crippen LogP contribution is 2.18. The number of rotatable bonds is 5. The van der Waals surface area contributed by atoms with Crippen LogP contribution in [0.3, 0.4) is 0 Å². The number of benzene rings is 1. The molecule has 7 nitrogen and oxygen atoms in total. The summed E-state index contributed by atoms with van der Waals surface area (Å²) in [7, 11) is 1.13. The first kappa shape index (κ1) is 17.6. The van der Waals surface area contributed by atoms with Crippen molar-refractivity contribution >= 4 is 31.6 Å². The van der Waals surface area contributed by atoms with Crippen molar-refractivity contribution in [2.45, 2.75) is 11.4 Å². The second kappa shape index (κ2) is 6.81. The number of nitrogens with one attached hydrogen (secondary N) is 1. The van der Waals surface area contributed by atoms with Gasteiger partial charge in [0.05, 0.1) is 16.8 Å². The Labute approximate surface area is 143 Å². The zero-order valence-corrected chi connectivity index (χ0v) is 15.3. The molecule has 1 heterocycles. The fraction of sp³-hybridized carbons (Fsp3) is 0.286. The Morgan fingerprint density at radius 1 is 1.26 bits per heavy atom. The molecule has 0 aliphatic carbocycles. The molecule has 2 aromatic rings. The second-order valence-electron chi connectivity index (χ2n) is 5.09. The smallest absolute Gasteiger partial charge is 0.282 e. The van der Waals surface area contributed by atoms with Gasteiger partial charge in [-0.25, -0.2) is 17.4 Å². The minimum absolute atomic E-state index is 0.234. The fourth-order valence-electron chi connectivity index (χ4n) is 1.82. The first-order chi connectivity index (χ1) is 10.7. The van der Waals surface area contributed by atoms with Crippen LogP contribution in [0.2, 0.25) is 0 Å². The summed E-state index contributed by atoms with van der Waals surface area (Å²) >= 11 is 3.24. The molecule has 1 aromatic heterocycles. The fourth-order valence-corrected chi connectivity index (χ4v) is 3.22. The van der Waals surface area contributed by atoms with Crippen molar-refractivity contribution in [2.75, 3.05) is 19.4 Å². The summed E-state index contributed by atoms with van der Waals surface area (Å²) in [6.45, 7) is 0.440. The van der Waals surface area contributed by atoms with Gasteiger partial charge in [-0.15, -0.1) is 0 Å². The van der Waals surface area contributed by atoms with Gasteiger partial charge in [0.15, 0.2) is 0 Å². The quantitative estimate of drug-likeness (QED) is 0.819. The minimum Gasteiger partial charge on any atom is -0.379 e. The lowest BCUT2D eigenvalue weighted by Crippen LogP contribution is -2.22. The Morgan fingerprint density at radius 3 is 2.43 bits per heavy atom. The van der Waals surface area contributed by atoms with Crippen molar-refractivity contribution in [1.82, 2.24) is 14.1 Å². The molecule has 1 N–H and O–H groups in total. The van der Waals surface area contributed by atoms with E-state index in [1.54, 1.807) is 37.5 Å². The zero-order chi connectivity index (χ0) is 17.2. The molecule has 0 amide bonds. The molecule has 0 fully saturated rings. The van der Waals surface area contributed by atoms with Crippen LogP contribution in [0, 0.1) is 0 Å². The minimum atomic E-state index is -3.43. The van der Waals surface area contributed by atoms with Gasteiger partial charge >= 0.3 is 0 Å². The lowest BCUT2D eigenvalue weighted by Gasteiger charge is -2.12. The van der Waals surface area contributed by atoms with E-state index < -0.39 is 10.0 Å². The van der Waals surface area contributed by atoms with E-state index >= 15 is 0 Å². The molecule has 0 saturated heterocycles. The van der Waals surface area contributed by atoms with Crippen LogP contribution in [-0.4, -0.2) is 36.6 Å². The van der Waals surface area contributed by atoms with Crippen molar-refractivity contribution in [3.63, 3.8) is 0 Å². The molecular formula is C14H17BrN4O3S. The highest BCUT2D eigenvalue weighted by atomic mass is 79.9. The second-order valence-corrected chi connectivity index (χ2v) is 8.03. The molecule has 2 rings (SSSR count). The van der Waals surface area contributed by atoms with Gasteiger partial charge in [-0.3, -0.25) is 4.79 Å². The van der Waals surface area contributed by atoms with Crippen molar-refractivity contribution in [1.29, 1.82) is 0 Å². The Bertz CT molecular complexity index is 861. The summed E-state index contributed by atoms with van der Waals surface area (Å²) in [5, 5.41) is 7.04. The lowest BCUT2D eigenvalue weighted by molar-refractivity contribution is 0.520. The first-order valence-corrected chi connectivity index (χ1v) is 8.94. The summed E-state index contributed by atoms with van der Waals surface area (Å²) in [6.07, 6.45) is 1.55. The van der Waals surface area contributed by atoms with E-state index in [1.165, 1.54) is 23.1 Å². The maximum Gasteiger partial charge on any atom is 0.282 e. The van der Waals surface area contributed by atoms with Gasteiger partial charge in [-0.1, -0.05) is 12.1 Å². The number of hydrogen-bond acceptors (Lipinski definition) is 5. The number of anilines is 1. The summed E-state index contributed by atoms with van der Waals surface area (Å²) in [6, 6.07) is 6.57. The van der Waals surface area contributed by atoms with Crippen LogP contribution < -0.4 is 10.9 Å². The molecule has 0 unspecified atom stereocenters. The van der Waals surface area contributed by atoms with Crippen molar-refractivity contribution in [2.24, 2.45) is 7.05 Å². The van der Waals surface area contributed by atoms with E-state index in [1.807, 2.05) is 0 Å². The zero-order valence-electron chi connectivity index (χ0n) is 12.9. The van der Waals surface area contributed by atoms with Crippen LogP contribution in [-0.2, 0) is 23.6 Å². The van der Waals surface area contributed by atoms with Crippen LogP contribution in [0.4, 0.5) is 5.69 Å². The molecule has 0 aliphatic heterocycles. The highest BCUT2D eigenvalue weighted by Gasteiger charge is 2.16. The van der Waals surface area contributed by atoms with Crippen LogP contribution >= 0.6 is 15.9 Å². The van der Waals surface area contributed by atoms with E-state index in [4.69, 9.17) is 0 Å². The SMILES string of the molecule is CN(C)S(=O)(=O)c1ccc(CNc2cnn(C)c(=O)c2Br)cc1. The number of nitrogens with zero attached hydrogens (tertiary/aromatic N) is 3. The van der Waals surface area contributed by atoms with Gasteiger partial charge in [0.1, 0.15) is 4.47 Å².